The van der Waals surface area contributed by atoms with Crippen molar-refractivity contribution in [2.75, 3.05) is 32.2 Å². The number of carbonyl (C=O) groups excluding carboxylic acids is 1. The van der Waals surface area contributed by atoms with Crippen LogP contribution in [0.5, 0.6) is 11.5 Å². The molecule has 0 unspecified atom stereocenters. The number of sulfonamides is 1. The van der Waals surface area contributed by atoms with E-state index >= 15 is 0 Å². The van der Waals surface area contributed by atoms with Gasteiger partial charge in [-0.3, -0.25) is 4.79 Å². The number of para-hydroxylation sites is 1. The molecule has 8 heteroatoms. The first-order chi connectivity index (χ1) is 14.9. The van der Waals surface area contributed by atoms with E-state index in [2.05, 4.69) is 13.0 Å². The van der Waals surface area contributed by atoms with Crippen molar-refractivity contribution in [3.05, 3.63) is 48.0 Å². The summed E-state index contributed by atoms with van der Waals surface area (Å²) in [5, 5.41) is 0. The van der Waals surface area contributed by atoms with Crippen LogP contribution in [0.3, 0.4) is 0 Å². The summed E-state index contributed by atoms with van der Waals surface area (Å²) in [6.45, 7) is 2.70. The van der Waals surface area contributed by atoms with Gasteiger partial charge in [0.15, 0.2) is 11.5 Å². The monoisotopic (exact) mass is 444 g/mol. The SMILES string of the molecule is COc1ccc(S(=O)(=O)N2CCC(C(=O)N3c4ccccc4C[C@@H]3C)CC2)cc1OC. The fourth-order valence-corrected chi connectivity index (χ4v) is 6.05. The fourth-order valence-electron chi connectivity index (χ4n) is 4.57. The number of carbonyl (C=O) groups is 1. The molecule has 7 nitrogen and oxygen atoms in total. The topological polar surface area (TPSA) is 76.2 Å². The van der Waals surface area contributed by atoms with Crippen molar-refractivity contribution >= 4 is 21.6 Å². The van der Waals surface area contributed by atoms with Crippen LogP contribution < -0.4 is 14.4 Å². The zero-order chi connectivity index (χ0) is 22.2. The van der Waals surface area contributed by atoms with E-state index < -0.39 is 10.0 Å². The Morgan fingerprint density at radius 1 is 1.00 bits per heavy atom. The molecule has 1 atom stereocenters. The maximum absolute atomic E-state index is 13.3. The van der Waals surface area contributed by atoms with E-state index in [0.29, 0.717) is 37.4 Å². The summed E-state index contributed by atoms with van der Waals surface area (Å²) in [4.78, 5) is 15.3. The largest absolute Gasteiger partial charge is 0.493 e. The van der Waals surface area contributed by atoms with E-state index in [-0.39, 0.29) is 22.8 Å². The molecule has 2 aromatic carbocycles. The highest BCUT2D eigenvalue weighted by atomic mass is 32.2. The number of amides is 1. The summed E-state index contributed by atoms with van der Waals surface area (Å²) in [6, 6.07) is 12.7. The summed E-state index contributed by atoms with van der Waals surface area (Å²) in [5.74, 6) is 0.771. The van der Waals surface area contributed by atoms with E-state index in [1.807, 2.05) is 23.1 Å². The lowest BCUT2D eigenvalue weighted by atomic mass is 9.96. The van der Waals surface area contributed by atoms with Gasteiger partial charge in [-0.2, -0.15) is 4.31 Å². The first-order valence-electron chi connectivity index (χ1n) is 10.5. The van der Waals surface area contributed by atoms with Gasteiger partial charge in [-0.15, -0.1) is 0 Å². The zero-order valence-corrected chi connectivity index (χ0v) is 18.9. The second-order valence-corrected chi connectivity index (χ2v) is 10.0. The lowest BCUT2D eigenvalue weighted by molar-refractivity contribution is -0.123. The fraction of sp³-hybridized carbons (Fsp3) is 0.435. The molecule has 1 saturated heterocycles. The van der Waals surface area contributed by atoms with Gasteiger partial charge in [0, 0.05) is 36.8 Å². The number of fused-ring (bicyclic) bond motifs is 1. The van der Waals surface area contributed by atoms with Crippen molar-refractivity contribution < 1.29 is 22.7 Å². The number of hydrogen-bond acceptors (Lipinski definition) is 5. The Hall–Kier alpha value is -2.58. The third-order valence-corrected chi connectivity index (χ3v) is 8.14. The third-order valence-electron chi connectivity index (χ3n) is 6.24. The van der Waals surface area contributed by atoms with Crippen molar-refractivity contribution in [2.45, 2.75) is 37.1 Å². The molecule has 2 aromatic rings. The average Bonchev–Trinajstić information content (AvgIpc) is 3.13. The molecule has 0 aliphatic carbocycles. The zero-order valence-electron chi connectivity index (χ0n) is 18.1. The molecule has 2 aliphatic heterocycles. The molecule has 2 aliphatic rings. The van der Waals surface area contributed by atoms with Gasteiger partial charge in [-0.1, -0.05) is 18.2 Å². The molecular weight excluding hydrogens is 416 g/mol. The Morgan fingerprint density at radius 3 is 2.35 bits per heavy atom. The Bertz CT molecular complexity index is 1080. The van der Waals surface area contributed by atoms with Crippen LogP contribution in [-0.4, -0.2) is 52.0 Å². The third kappa shape index (κ3) is 3.90. The van der Waals surface area contributed by atoms with Crippen LogP contribution in [0.25, 0.3) is 0 Å². The van der Waals surface area contributed by atoms with Gasteiger partial charge in [0.2, 0.25) is 15.9 Å². The number of hydrogen-bond donors (Lipinski definition) is 0. The van der Waals surface area contributed by atoms with Crippen molar-refractivity contribution in [1.29, 1.82) is 0 Å². The second kappa shape index (κ2) is 8.51. The van der Waals surface area contributed by atoms with Crippen molar-refractivity contribution in [2.24, 2.45) is 5.92 Å². The number of anilines is 1. The van der Waals surface area contributed by atoms with Gasteiger partial charge in [-0.25, -0.2) is 8.42 Å². The highest BCUT2D eigenvalue weighted by Crippen LogP contribution is 2.36. The van der Waals surface area contributed by atoms with Crippen LogP contribution in [0.4, 0.5) is 5.69 Å². The number of nitrogens with zero attached hydrogens (tertiary/aromatic N) is 2. The minimum Gasteiger partial charge on any atom is -0.493 e. The van der Waals surface area contributed by atoms with Crippen LogP contribution in [0.1, 0.15) is 25.3 Å². The van der Waals surface area contributed by atoms with Crippen LogP contribution in [0.2, 0.25) is 0 Å². The maximum atomic E-state index is 13.3. The summed E-state index contributed by atoms with van der Waals surface area (Å²) < 4.78 is 38.2. The van der Waals surface area contributed by atoms with Crippen molar-refractivity contribution in [3.63, 3.8) is 0 Å². The molecule has 0 spiro atoms. The quantitative estimate of drug-likeness (QED) is 0.708. The van der Waals surface area contributed by atoms with Crippen LogP contribution in [0.15, 0.2) is 47.4 Å². The second-order valence-electron chi connectivity index (χ2n) is 8.09. The molecule has 0 N–H and O–H groups in total. The van der Waals surface area contributed by atoms with Crippen LogP contribution >= 0.6 is 0 Å². The van der Waals surface area contributed by atoms with Gasteiger partial charge in [-0.05, 0) is 49.9 Å². The Balaban J connectivity index is 1.47. The predicted octanol–water partition coefficient (Wildman–Crippen LogP) is 3.08. The molecule has 0 radical (unpaired) electrons. The van der Waals surface area contributed by atoms with Gasteiger partial charge >= 0.3 is 0 Å². The highest BCUT2D eigenvalue weighted by Gasteiger charge is 2.38. The first kappa shape index (κ1) is 21.6. The number of benzene rings is 2. The van der Waals surface area contributed by atoms with E-state index in [1.165, 1.54) is 36.2 Å². The molecule has 2 heterocycles. The molecule has 166 valence electrons. The van der Waals surface area contributed by atoms with Gasteiger partial charge in [0.05, 0.1) is 19.1 Å². The molecule has 0 aromatic heterocycles. The molecule has 0 bridgehead atoms. The van der Waals surface area contributed by atoms with E-state index in [9.17, 15) is 13.2 Å². The summed E-state index contributed by atoms with van der Waals surface area (Å²) in [7, 11) is -0.692. The van der Waals surface area contributed by atoms with Crippen molar-refractivity contribution in [3.8, 4) is 11.5 Å². The normalized spacial score (nSPS) is 19.8. The smallest absolute Gasteiger partial charge is 0.243 e. The van der Waals surface area contributed by atoms with Gasteiger partial charge < -0.3 is 14.4 Å². The Kier molecular flexibility index (Phi) is 5.94. The summed E-state index contributed by atoms with van der Waals surface area (Å²) in [5.41, 5.74) is 2.18. The number of piperidine rings is 1. The minimum absolute atomic E-state index is 0.0978. The Labute approximate surface area is 183 Å². The molecule has 1 amide bonds. The minimum atomic E-state index is -3.67. The maximum Gasteiger partial charge on any atom is 0.243 e. The number of ether oxygens (including phenoxy) is 2. The summed E-state index contributed by atoms with van der Waals surface area (Å²) in [6.07, 6.45) is 1.88. The van der Waals surface area contributed by atoms with Gasteiger partial charge in [0.25, 0.3) is 0 Å². The molecule has 31 heavy (non-hydrogen) atoms. The first-order valence-corrected chi connectivity index (χ1v) is 11.9. The lowest BCUT2D eigenvalue weighted by Crippen LogP contribution is -2.46. The molecule has 0 saturated carbocycles. The predicted molar refractivity (Wildman–Crippen MR) is 118 cm³/mol. The number of methoxy groups -OCH3 is 2. The lowest BCUT2D eigenvalue weighted by Gasteiger charge is -2.34. The standard InChI is InChI=1S/C23H28N2O5S/c1-16-14-18-6-4-5-7-20(18)25(16)23(26)17-10-12-24(13-11-17)31(27,28)19-8-9-21(29-2)22(15-19)30-3/h4-9,15-17H,10-14H2,1-3H3/t16-/m0/s1. The average molecular weight is 445 g/mol. The van der Waals surface area contributed by atoms with Crippen LogP contribution in [0, 0.1) is 5.92 Å². The van der Waals surface area contributed by atoms with E-state index in [4.69, 9.17) is 9.47 Å². The number of rotatable bonds is 5. The molecule has 1 fully saturated rings. The Morgan fingerprint density at radius 2 is 1.68 bits per heavy atom. The molecule has 4 rings (SSSR count). The highest BCUT2D eigenvalue weighted by molar-refractivity contribution is 7.89. The van der Waals surface area contributed by atoms with E-state index in [0.717, 1.165) is 12.1 Å². The van der Waals surface area contributed by atoms with Crippen LogP contribution in [-0.2, 0) is 21.2 Å². The molecular formula is C23H28N2O5S. The summed E-state index contributed by atoms with van der Waals surface area (Å²) >= 11 is 0. The van der Waals surface area contributed by atoms with Crippen molar-refractivity contribution in [1.82, 2.24) is 4.31 Å². The van der Waals surface area contributed by atoms with Gasteiger partial charge in [0.1, 0.15) is 0 Å². The van der Waals surface area contributed by atoms with E-state index in [1.54, 1.807) is 6.07 Å².